The number of carbonyl (C=O) groups is 2. The van der Waals surface area contributed by atoms with E-state index in [-0.39, 0.29) is 17.6 Å². The summed E-state index contributed by atoms with van der Waals surface area (Å²) in [6.07, 6.45) is 0. The zero-order valence-electron chi connectivity index (χ0n) is 18.3. The molecule has 1 heterocycles. The fraction of sp³-hybridized carbons (Fsp3) is 0.417. The number of primary amides is 1. The van der Waals surface area contributed by atoms with Crippen LogP contribution in [0.15, 0.2) is 53.4 Å². The van der Waals surface area contributed by atoms with Crippen molar-refractivity contribution in [2.45, 2.75) is 31.2 Å². The number of para-hydroxylation sites is 1. The minimum Gasteiger partial charge on any atom is -0.369 e. The number of benzene rings is 2. The topological polar surface area (TPSA) is 78.7 Å². The van der Waals surface area contributed by atoms with E-state index in [9.17, 15) is 9.59 Å². The summed E-state index contributed by atoms with van der Waals surface area (Å²) in [4.78, 5) is 29.1. The van der Waals surface area contributed by atoms with Gasteiger partial charge in [-0.1, -0.05) is 50.2 Å². The van der Waals surface area contributed by atoms with E-state index in [0.29, 0.717) is 12.5 Å². The van der Waals surface area contributed by atoms with E-state index in [0.717, 1.165) is 43.3 Å². The van der Waals surface area contributed by atoms with Crippen molar-refractivity contribution < 1.29 is 9.59 Å². The first-order valence-electron chi connectivity index (χ1n) is 10.7. The van der Waals surface area contributed by atoms with Gasteiger partial charge in [0.25, 0.3) is 0 Å². The third kappa shape index (κ3) is 7.38. The van der Waals surface area contributed by atoms with E-state index in [1.165, 1.54) is 22.9 Å². The lowest BCUT2D eigenvalue weighted by Gasteiger charge is -2.34. The second-order valence-corrected chi connectivity index (χ2v) is 9.27. The average Bonchev–Trinajstić information content (AvgIpc) is 2.75. The number of nitrogens with two attached hydrogens (primary N) is 1. The first-order chi connectivity index (χ1) is 14.9. The molecule has 0 bridgehead atoms. The molecule has 7 heteroatoms. The maximum absolute atomic E-state index is 12.6. The lowest BCUT2D eigenvalue weighted by atomic mass is 10.0. The first-order valence-corrected chi connectivity index (χ1v) is 11.7. The van der Waals surface area contributed by atoms with Crippen LogP contribution in [0.2, 0.25) is 0 Å². The zero-order valence-corrected chi connectivity index (χ0v) is 19.2. The molecule has 6 nitrogen and oxygen atoms in total. The summed E-state index contributed by atoms with van der Waals surface area (Å²) in [6, 6.07) is 16.4. The maximum atomic E-state index is 12.6. The smallest absolute Gasteiger partial charge is 0.238 e. The number of hydrogen-bond donors (Lipinski definition) is 2. The molecule has 0 unspecified atom stereocenters. The Bertz CT molecular complexity index is 877. The van der Waals surface area contributed by atoms with Crippen LogP contribution < -0.4 is 11.1 Å². The molecular formula is C24H32N4O2S. The second kappa shape index (κ2) is 11.3. The SMILES string of the molecule is CC(C)c1ccc(CN2CCN(CC(=O)Nc3ccccc3SCC(N)=O)CC2)cc1. The van der Waals surface area contributed by atoms with Gasteiger partial charge in [-0.15, -0.1) is 11.8 Å². The first kappa shape index (κ1) is 23.3. The Balaban J connectivity index is 1.44. The molecule has 2 aromatic carbocycles. The summed E-state index contributed by atoms with van der Waals surface area (Å²) in [7, 11) is 0. The number of rotatable bonds is 9. The van der Waals surface area contributed by atoms with Crippen molar-refractivity contribution in [2.24, 2.45) is 5.73 Å². The van der Waals surface area contributed by atoms with Crippen molar-refractivity contribution in [1.29, 1.82) is 0 Å². The molecule has 3 rings (SSSR count). The molecule has 0 aromatic heterocycles. The molecule has 1 aliphatic heterocycles. The average molecular weight is 441 g/mol. The molecule has 0 radical (unpaired) electrons. The van der Waals surface area contributed by atoms with Crippen LogP contribution in [0.1, 0.15) is 30.9 Å². The molecular weight excluding hydrogens is 408 g/mol. The number of hydrogen-bond acceptors (Lipinski definition) is 5. The lowest BCUT2D eigenvalue weighted by Crippen LogP contribution is -2.48. The molecule has 1 fully saturated rings. The van der Waals surface area contributed by atoms with E-state index in [4.69, 9.17) is 5.73 Å². The molecule has 0 spiro atoms. The van der Waals surface area contributed by atoms with Crippen LogP contribution in [-0.4, -0.2) is 60.1 Å². The van der Waals surface area contributed by atoms with Gasteiger partial charge in [-0.2, -0.15) is 0 Å². The van der Waals surface area contributed by atoms with Gasteiger partial charge < -0.3 is 11.1 Å². The highest BCUT2D eigenvalue weighted by Gasteiger charge is 2.19. The Hall–Kier alpha value is -2.35. The minimum atomic E-state index is -0.375. The fourth-order valence-electron chi connectivity index (χ4n) is 3.61. The summed E-state index contributed by atoms with van der Waals surface area (Å²) < 4.78 is 0. The number of nitrogens with one attached hydrogen (secondary N) is 1. The van der Waals surface area contributed by atoms with Gasteiger partial charge in [-0.3, -0.25) is 19.4 Å². The third-order valence-corrected chi connectivity index (χ3v) is 6.51. The van der Waals surface area contributed by atoms with E-state index in [1.807, 2.05) is 24.3 Å². The third-order valence-electron chi connectivity index (χ3n) is 5.42. The number of carbonyl (C=O) groups excluding carboxylic acids is 2. The van der Waals surface area contributed by atoms with Crippen LogP contribution in [0.4, 0.5) is 5.69 Å². The van der Waals surface area contributed by atoms with Crippen molar-refractivity contribution in [3.63, 3.8) is 0 Å². The Morgan fingerprint density at radius 2 is 1.65 bits per heavy atom. The highest BCUT2D eigenvalue weighted by atomic mass is 32.2. The van der Waals surface area contributed by atoms with Crippen LogP contribution in [0.3, 0.4) is 0 Å². The van der Waals surface area contributed by atoms with Crippen molar-refractivity contribution in [3.8, 4) is 0 Å². The minimum absolute atomic E-state index is 0.0372. The molecule has 166 valence electrons. The van der Waals surface area contributed by atoms with Crippen molar-refractivity contribution in [3.05, 3.63) is 59.7 Å². The van der Waals surface area contributed by atoms with Gasteiger partial charge in [-0.25, -0.2) is 0 Å². The standard InChI is InChI=1S/C24H32N4O2S/c1-18(2)20-9-7-19(8-10-20)15-27-11-13-28(14-12-27)16-24(30)26-21-5-3-4-6-22(21)31-17-23(25)29/h3-10,18H,11-17H2,1-2H3,(H2,25,29)(H,26,30). The van der Waals surface area contributed by atoms with Crippen LogP contribution in [0.25, 0.3) is 0 Å². The molecule has 0 saturated carbocycles. The van der Waals surface area contributed by atoms with Gasteiger partial charge in [0.05, 0.1) is 18.0 Å². The predicted molar refractivity (Wildman–Crippen MR) is 127 cm³/mol. The van der Waals surface area contributed by atoms with Gasteiger partial charge in [0.15, 0.2) is 0 Å². The fourth-order valence-corrected chi connectivity index (χ4v) is 4.36. The van der Waals surface area contributed by atoms with Crippen LogP contribution in [-0.2, 0) is 16.1 Å². The number of anilines is 1. The van der Waals surface area contributed by atoms with E-state index >= 15 is 0 Å². The van der Waals surface area contributed by atoms with Crippen LogP contribution in [0, 0.1) is 0 Å². The predicted octanol–water partition coefficient (Wildman–Crippen LogP) is 3.14. The highest BCUT2D eigenvalue weighted by molar-refractivity contribution is 8.00. The summed E-state index contributed by atoms with van der Waals surface area (Å²) in [5.41, 5.74) is 8.66. The molecule has 2 amide bonds. The molecule has 0 aliphatic carbocycles. The van der Waals surface area contributed by atoms with Crippen LogP contribution in [0.5, 0.6) is 0 Å². The Labute approximate surface area is 189 Å². The molecule has 31 heavy (non-hydrogen) atoms. The molecule has 0 atom stereocenters. The van der Waals surface area contributed by atoms with Crippen molar-refractivity contribution in [1.82, 2.24) is 9.80 Å². The number of thioether (sulfide) groups is 1. The largest absolute Gasteiger partial charge is 0.369 e. The van der Waals surface area contributed by atoms with Crippen molar-refractivity contribution in [2.75, 3.05) is 43.8 Å². The number of piperazine rings is 1. The summed E-state index contributed by atoms with van der Waals surface area (Å²) in [5, 5.41) is 2.98. The summed E-state index contributed by atoms with van der Waals surface area (Å²) in [5.74, 6) is 0.330. The maximum Gasteiger partial charge on any atom is 0.238 e. The van der Waals surface area contributed by atoms with Gasteiger partial charge in [0, 0.05) is 37.6 Å². The molecule has 3 N–H and O–H groups in total. The Morgan fingerprint density at radius 3 is 2.29 bits per heavy atom. The van der Waals surface area contributed by atoms with E-state index in [2.05, 4.69) is 53.2 Å². The molecule has 1 aliphatic rings. The Morgan fingerprint density at radius 1 is 1.00 bits per heavy atom. The number of amides is 2. The van der Waals surface area contributed by atoms with Gasteiger partial charge >= 0.3 is 0 Å². The van der Waals surface area contributed by atoms with Crippen LogP contribution >= 0.6 is 11.8 Å². The van der Waals surface area contributed by atoms with Gasteiger partial charge in [0.2, 0.25) is 11.8 Å². The van der Waals surface area contributed by atoms with Gasteiger partial charge in [0.1, 0.15) is 0 Å². The second-order valence-electron chi connectivity index (χ2n) is 8.25. The molecule has 2 aromatic rings. The molecule has 1 saturated heterocycles. The lowest BCUT2D eigenvalue weighted by molar-refractivity contribution is -0.118. The quantitative estimate of drug-likeness (QED) is 0.586. The zero-order chi connectivity index (χ0) is 22.2. The summed E-state index contributed by atoms with van der Waals surface area (Å²) in [6.45, 7) is 9.38. The van der Waals surface area contributed by atoms with E-state index < -0.39 is 0 Å². The highest BCUT2D eigenvalue weighted by Crippen LogP contribution is 2.26. The Kier molecular flexibility index (Phi) is 8.51. The monoisotopic (exact) mass is 440 g/mol. The normalized spacial score (nSPS) is 15.2. The van der Waals surface area contributed by atoms with Crippen molar-refractivity contribution >= 4 is 29.3 Å². The van der Waals surface area contributed by atoms with Gasteiger partial charge in [-0.05, 0) is 29.2 Å². The summed E-state index contributed by atoms with van der Waals surface area (Å²) >= 11 is 1.34. The van der Waals surface area contributed by atoms with E-state index in [1.54, 1.807) is 0 Å². The number of nitrogens with zero attached hydrogens (tertiary/aromatic N) is 2.